The van der Waals surface area contributed by atoms with E-state index in [9.17, 15) is 14.4 Å². The summed E-state index contributed by atoms with van der Waals surface area (Å²) in [5.41, 5.74) is 1.86. The van der Waals surface area contributed by atoms with Crippen molar-refractivity contribution in [2.75, 3.05) is 53.0 Å². The Morgan fingerprint density at radius 2 is 1.31 bits per heavy atom. The number of halogens is 2. The van der Waals surface area contributed by atoms with Crippen molar-refractivity contribution in [1.82, 2.24) is 20.4 Å². The number of hydrogen-bond donors (Lipinski definition) is 2. The molecule has 1 aliphatic heterocycles. The number of hydrogen-bond acceptors (Lipinski definition) is 7. The fraction of sp³-hybridized carbons (Fsp3) is 0.531. The Balaban J connectivity index is 0.00000211. The fourth-order valence-electron chi connectivity index (χ4n) is 4.23. The van der Waals surface area contributed by atoms with E-state index in [1.54, 1.807) is 24.3 Å². The summed E-state index contributed by atoms with van der Waals surface area (Å²) in [6.45, 7) is 13.8. The maximum atomic E-state index is 13.4. The molecule has 1 fully saturated rings. The molecule has 2 aromatic rings. The third-order valence-corrected chi connectivity index (χ3v) is 7.13. The number of benzene rings is 2. The Bertz CT molecular complexity index is 1060. The van der Waals surface area contributed by atoms with E-state index in [0.717, 1.165) is 35.7 Å². The summed E-state index contributed by atoms with van der Waals surface area (Å²) in [6, 6.07) is 13.4. The van der Waals surface area contributed by atoms with Gasteiger partial charge in [0.1, 0.15) is 5.78 Å². The highest BCUT2D eigenvalue weighted by molar-refractivity contribution is 6.30. The van der Waals surface area contributed by atoms with Gasteiger partial charge in [0, 0.05) is 43.3 Å². The predicted octanol–water partition coefficient (Wildman–Crippen LogP) is 4.65. The van der Waals surface area contributed by atoms with Crippen molar-refractivity contribution in [1.29, 1.82) is 0 Å². The van der Waals surface area contributed by atoms with E-state index in [0.29, 0.717) is 42.6 Å². The Labute approximate surface area is 262 Å². The lowest BCUT2D eigenvalue weighted by molar-refractivity contribution is -0.144. The maximum absolute atomic E-state index is 13.4. The first-order valence-electron chi connectivity index (χ1n) is 14.8. The number of rotatable bonds is 13. The first kappa shape index (κ1) is 37.7. The molecule has 3 rings (SSSR count). The molecule has 1 saturated heterocycles. The summed E-state index contributed by atoms with van der Waals surface area (Å²) in [7, 11) is 1.48. The molecule has 2 atom stereocenters. The van der Waals surface area contributed by atoms with E-state index in [-0.39, 0.29) is 18.2 Å². The lowest BCUT2D eigenvalue weighted by Gasteiger charge is -2.28. The van der Waals surface area contributed by atoms with Gasteiger partial charge in [0.25, 0.3) is 0 Å². The van der Waals surface area contributed by atoms with Crippen LogP contribution in [0, 0.1) is 0 Å². The fourth-order valence-corrected chi connectivity index (χ4v) is 4.48. The molecule has 0 aliphatic carbocycles. The van der Waals surface area contributed by atoms with Crippen LogP contribution in [0.5, 0.6) is 0 Å². The number of carbonyl (C=O) groups is 3. The van der Waals surface area contributed by atoms with Crippen LogP contribution in [0.2, 0.25) is 10.0 Å². The van der Waals surface area contributed by atoms with Crippen molar-refractivity contribution in [3.63, 3.8) is 0 Å². The molecular formula is C32H48Cl2N4O4. The van der Waals surface area contributed by atoms with E-state index in [1.165, 1.54) is 14.0 Å². The van der Waals surface area contributed by atoms with Crippen molar-refractivity contribution in [2.45, 2.75) is 59.5 Å². The third-order valence-electron chi connectivity index (χ3n) is 6.62. The van der Waals surface area contributed by atoms with Crippen molar-refractivity contribution >= 4 is 40.8 Å². The van der Waals surface area contributed by atoms with E-state index in [1.807, 2.05) is 52.0 Å². The van der Waals surface area contributed by atoms with Crippen LogP contribution in [-0.2, 0) is 32.0 Å². The topological polar surface area (TPSA) is 91.0 Å². The molecule has 0 radical (unpaired) electrons. The summed E-state index contributed by atoms with van der Waals surface area (Å²) < 4.78 is 5.40. The number of nitrogens with one attached hydrogen (secondary N) is 2. The Kier molecular flexibility index (Phi) is 19.2. The van der Waals surface area contributed by atoms with E-state index in [4.69, 9.17) is 27.9 Å². The number of morpholine rings is 1. The zero-order valence-electron chi connectivity index (χ0n) is 25.9. The van der Waals surface area contributed by atoms with Gasteiger partial charge in [0.2, 0.25) is 11.8 Å². The minimum atomic E-state index is -0.594. The average Bonchev–Trinajstić information content (AvgIpc) is 3.02. The van der Waals surface area contributed by atoms with Crippen molar-refractivity contribution < 1.29 is 19.1 Å². The lowest BCUT2D eigenvalue weighted by atomic mass is 10.0. The summed E-state index contributed by atoms with van der Waals surface area (Å²) in [5.74, 6) is -0.827. The summed E-state index contributed by atoms with van der Waals surface area (Å²) in [4.78, 5) is 42.0. The van der Waals surface area contributed by atoms with Crippen LogP contribution in [0.25, 0.3) is 0 Å². The molecule has 42 heavy (non-hydrogen) atoms. The second kappa shape index (κ2) is 21.4. The average molecular weight is 624 g/mol. The molecule has 2 N–H and O–H groups in total. The first-order chi connectivity index (χ1) is 20.2. The molecule has 0 saturated carbocycles. The van der Waals surface area contributed by atoms with Crippen LogP contribution in [0.3, 0.4) is 0 Å². The van der Waals surface area contributed by atoms with Crippen molar-refractivity contribution in [2.24, 2.45) is 0 Å². The smallest absolute Gasteiger partial charge is 0.246 e. The van der Waals surface area contributed by atoms with Gasteiger partial charge in [-0.25, -0.2) is 0 Å². The highest BCUT2D eigenvalue weighted by atomic mass is 35.5. The van der Waals surface area contributed by atoms with Gasteiger partial charge >= 0.3 is 0 Å². The molecule has 0 unspecified atom stereocenters. The van der Waals surface area contributed by atoms with Gasteiger partial charge < -0.3 is 10.1 Å². The molecular weight excluding hydrogens is 575 g/mol. The zero-order valence-corrected chi connectivity index (χ0v) is 27.4. The number of carbonyl (C=O) groups excluding carboxylic acids is 3. The molecule has 0 bridgehead atoms. The van der Waals surface area contributed by atoms with Crippen LogP contribution >= 0.6 is 23.2 Å². The van der Waals surface area contributed by atoms with Crippen LogP contribution in [0.1, 0.15) is 45.7 Å². The Hall–Kier alpha value is -2.33. The van der Waals surface area contributed by atoms with Gasteiger partial charge in [0.15, 0.2) is 0 Å². The van der Waals surface area contributed by atoms with Crippen molar-refractivity contribution in [3.05, 3.63) is 69.7 Å². The summed E-state index contributed by atoms with van der Waals surface area (Å²) >= 11 is 12.0. The van der Waals surface area contributed by atoms with Gasteiger partial charge in [-0.15, -0.1) is 0 Å². The van der Waals surface area contributed by atoms with Crippen LogP contribution in [0.15, 0.2) is 48.5 Å². The molecule has 1 heterocycles. The van der Waals surface area contributed by atoms with Gasteiger partial charge in [-0.05, 0) is 55.2 Å². The van der Waals surface area contributed by atoms with E-state index < -0.39 is 18.0 Å². The number of imide groups is 1. The molecule has 2 aromatic carbocycles. The Morgan fingerprint density at radius 3 is 1.79 bits per heavy atom. The second-order valence-electron chi connectivity index (χ2n) is 9.46. The van der Waals surface area contributed by atoms with Gasteiger partial charge in [0.05, 0.1) is 31.8 Å². The van der Waals surface area contributed by atoms with Crippen molar-refractivity contribution in [3.8, 4) is 0 Å². The quantitative estimate of drug-likeness (QED) is 0.336. The SMILES string of the molecule is CC.CC.CC(=O)[C@@H](Cc1ccc(Cl)cc1)NCC(=O)N(C)C(=O)[C@@H](Cc1ccc(Cl)cc1)NCCN1CCOCC1. The van der Waals surface area contributed by atoms with E-state index in [2.05, 4.69) is 15.5 Å². The number of nitrogens with zero attached hydrogens (tertiary/aromatic N) is 2. The van der Waals surface area contributed by atoms with Gasteiger partial charge in [-0.1, -0.05) is 75.2 Å². The Morgan fingerprint density at radius 1 is 0.833 bits per heavy atom. The predicted molar refractivity (Wildman–Crippen MR) is 172 cm³/mol. The minimum absolute atomic E-state index is 0.0906. The van der Waals surface area contributed by atoms with Gasteiger partial charge in [-0.3, -0.25) is 29.5 Å². The number of amides is 2. The normalized spacial score (nSPS) is 14.4. The molecule has 0 aromatic heterocycles. The molecule has 0 spiro atoms. The third kappa shape index (κ3) is 13.8. The van der Waals surface area contributed by atoms with Crippen LogP contribution < -0.4 is 10.6 Å². The monoisotopic (exact) mass is 622 g/mol. The number of ketones is 1. The van der Waals surface area contributed by atoms with Crippen LogP contribution in [0.4, 0.5) is 0 Å². The number of Topliss-reactive ketones (excluding diaryl/α,β-unsaturated/α-hetero) is 1. The molecule has 234 valence electrons. The molecule has 8 nitrogen and oxygen atoms in total. The second-order valence-corrected chi connectivity index (χ2v) is 10.3. The molecule has 10 heteroatoms. The summed E-state index contributed by atoms with van der Waals surface area (Å²) in [6.07, 6.45) is 0.830. The number of likely N-dealkylation sites (N-methyl/N-ethyl adjacent to an activating group) is 1. The largest absolute Gasteiger partial charge is 0.379 e. The highest BCUT2D eigenvalue weighted by Crippen LogP contribution is 2.13. The summed E-state index contributed by atoms with van der Waals surface area (Å²) in [5, 5.41) is 7.59. The maximum Gasteiger partial charge on any atom is 0.246 e. The van der Waals surface area contributed by atoms with Crippen LogP contribution in [-0.4, -0.2) is 92.5 Å². The zero-order chi connectivity index (χ0) is 31.5. The minimum Gasteiger partial charge on any atom is -0.379 e. The molecule has 2 amide bonds. The molecule has 1 aliphatic rings. The highest BCUT2D eigenvalue weighted by Gasteiger charge is 2.27. The number of ether oxygens (including phenoxy) is 1. The van der Waals surface area contributed by atoms with E-state index >= 15 is 0 Å². The lowest BCUT2D eigenvalue weighted by Crippen LogP contribution is -2.52. The standard InChI is InChI=1S/C28H36Cl2N4O4.2C2H6/c1-20(35)25(17-21-3-7-23(29)8-4-21)32-19-27(36)33(2)28(37)26(18-22-5-9-24(30)10-6-22)31-11-12-34-13-15-38-16-14-34;2*1-2/h3-10,25-26,31-32H,11-19H2,1-2H3;2*1-2H3/t25-,26-;;/m1../s1. The van der Waals surface area contributed by atoms with Gasteiger partial charge in [-0.2, -0.15) is 0 Å². The first-order valence-corrected chi connectivity index (χ1v) is 15.5.